The number of anilines is 1. The largest absolute Gasteiger partial charge is 0.455 e. The molecule has 2 aromatic carbocycles. The van der Waals surface area contributed by atoms with Crippen LogP contribution in [0.2, 0.25) is 0 Å². The third-order valence-corrected chi connectivity index (χ3v) is 6.94. The lowest BCUT2D eigenvalue weighted by atomic mass is 10.0. The second kappa shape index (κ2) is 8.58. The number of rotatable bonds is 8. The Morgan fingerprint density at radius 2 is 1.94 bits per heavy atom. The maximum atomic E-state index is 13.4. The number of hydrogen-bond acceptors (Lipinski definition) is 5. The number of benzene rings is 2. The van der Waals surface area contributed by atoms with E-state index in [9.17, 15) is 18.0 Å². The van der Waals surface area contributed by atoms with Gasteiger partial charge in [0.15, 0.2) is 0 Å². The molecule has 0 atom stereocenters. The lowest BCUT2D eigenvalue weighted by Gasteiger charge is -2.26. The average molecular weight is 459 g/mol. The summed E-state index contributed by atoms with van der Waals surface area (Å²) in [4.78, 5) is 0. The van der Waals surface area contributed by atoms with E-state index in [0.717, 1.165) is 30.2 Å². The number of oxime groups is 1. The summed E-state index contributed by atoms with van der Waals surface area (Å²) in [6.45, 7) is 4.51. The molecule has 1 aromatic heterocycles. The SMILES string of the molecule is CC(C)CCN(c1cc2oc(-c3ccc(F)cc3)c(C=NO)c2cc1C1CC1)S(C)(=O)=O. The molecular formula is C24H27FN2O4S. The van der Waals surface area contributed by atoms with E-state index in [0.29, 0.717) is 40.6 Å². The topological polar surface area (TPSA) is 83.1 Å². The van der Waals surface area contributed by atoms with Crippen LogP contribution in [0.5, 0.6) is 0 Å². The first-order valence-electron chi connectivity index (χ1n) is 10.7. The highest BCUT2D eigenvalue weighted by molar-refractivity contribution is 7.92. The maximum Gasteiger partial charge on any atom is 0.232 e. The van der Waals surface area contributed by atoms with Crippen molar-refractivity contribution in [3.05, 3.63) is 53.3 Å². The lowest BCUT2D eigenvalue weighted by molar-refractivity contribution is 0.322. The first-order chi connectivity index (χ1) is 15.2. The third kappa shape index (κ3) is 4.50. The first kappa shape index (κ1) is 22.3. The van der Waals surface area contributed by atoms with E-state index in [-0.39, 0.29) is 11.7 Å². The van der Waals surface area contributed by atoms with Gasteiger partial charge >= 0.3 is 0 Å². The van der Waals surface area contributed by atoms with Gasteiger partial charge in [0.1, 0.15) is 17.2 Å². The number of furan rings is 1. The van der Waals surface area contributed by atoms with Gasteiger partial charge in [0.25, 0.3) is 0 Å². The quantitative estimate of drug-likeness (QED) is 0.265. The van der Waals surface area contributed by atoms with Crippen LogP contribution in [0.3, 0.4) is 0 Å². The molecule has 0 aliphatic heterocycles. The summed E-state index contributed by atoms with van der Waals surface area (Å²) < 4.78 is 46.4. The van der Waals surface area contributed by atoms with Crippen LogP contribution >= 0.6 is 0 Å². The predicted octanol–water partition coefficient (Wildman–Crippen LogP) is 5.74. The summed E-state index contributed by atoms with van der Waals surface area (Å²) in [5.41, 5.74) is 3.26. The Morgan fingerprint density at radius 3 is 2.50 bits per heavy atom. The van der Waals surface area contributed by atoms with Crippen LogP contribution in [0.25, 0.3) is 22.3 Å². The second-order valence-corrected chi connectivity index (χ2v) is 10.7. The summed E-state index contributed by atoms with van der Waals surface area (Å²) in [5.74, 6) is 0.702. The third-order valence-electron chi connectivity index (χ3n) is 5.76. The van der Waals surface area contributed by atoms with E-state index < -0.39 is 10.0 Å². The Hall–Kier alpha value is -2.87. The van der Waals surface area contributed by atoms with E-state index in [2.05, 4.69) is 19.0 Å². The van der Waals surface area contributed by atoms with E-state index >= 15 is 0 Å². The fraction of sp³-hybridized carbons (Fsp3) is 0.375. The fourth-order valence-corrected chi connectivity index (χ4v) is 4.90. The summed E-state index contributed by atoms with van der Waals surface area (Å²) >= 11 is 0. The lowest BCUT2D eigenvalue weighted by Crippen LogP contribution is -2.32. The average Bonchev–Trinajstić information content (AvgIpc) is 3.50. The number of halogens is 1. The predicted molar refractivity (Wildman–Crippen MR) is 125 cm³/mol. The minimum absolute atomic E-state index is 0.279. The zero-order valence-corrected chi connectivity index (χ0v) is 19.2. The van der Waals surface area contributed by atoms with Gasteiger partial charge in [-0.2, -0.15) is 0 Å². The van der Waals surface area contributed by atoms with Crippen LogP contribution in [0.1, 0.15) is 50.2 Å². The molecular weight excluding hydrogens is 431 g/mol. The minimum Gasteiger partial charge on any atom is -0.455 e. The van der Waals surface area contributed by atoms with Crippen LogP contribution in [0.15, 0.2) is 46.0 Å². The van der Waals surface area contributed by atoms with Crippen LogP contribution < -0.4 is 4.31 Å². The van der Waals surface area contributed by atoms with Gasteiger partial charge in [0.2, 0.25) is 10.0 Å². The molecule has 32 heavy (non-hydrogen) atoms. The van der Waals surface area contributed by atoms with E-state index in [1.807, 2.05) is 6.07 Å². The van der Waals surface area contributed by atoms with Crippen molar-refractivity contribution in [2.75, 3.05) is 17.1 Å². The number of fused-ring (bicyclic) bond motifs is 1. The van der Waals surface area contributed by atoms with Crippen molar-refractivity contribution in [3.8, 4) is 11.3 Å². The molecule has 0 saturated heterocycles. The molecule has 0 amide bonds. The van der Waals surface area contributed by atoms with Crippen molar-refractivity contribution >= 4 is 32.9 Å². The molecule has 6 nitrogen and oxygen atoms in total. The molecule has 4 rings (SSSR count). The van der Waals surface area contributed by atoms with Crippen LogP contribution in [-0.4, -0.2) is 32.6 Å². The summed E-state index contributed by atoms with van der Waals surface area (Å²) in [6.07, 6.45) is 5.24. The van der Waals surface area contributed by atoms with Gasteiger partial charge in [-0.25, -0.2) is 12.8 Å². The molecule has 1 N–H and O–H groups in total. The van der Waals surface area contributed by atoms with Crippen molar-refractivity contribution in [2.45, 2.75) is 39.0 Å². The molecule has 1 saturated carbocycles. The molecule has 0 radical (unpaired) electrons. The van der Waals surface area contributed by atoms with E-state index in [1.54, 1.807) is 18.2 Å². The molecule has 0 bridgehead atoms. The van der Waals surface area contributed by atoms with Crippen LogP contribution in [0.4, 0.5) is 10.1 Å². The fourth-order valence-electron chi connectivity index (χ4n) is 3.95. The summed E-state index contributed by atoms with van der Waals surface area (Å²) in [5, 5.41) is 13.2. The molecule has 8 heteroatoms. The molecule has 1 aliphatic carbocycles. The normalized spacial score (nSPS) is 14.7. The van der Waals surface area contributed by atoms with E-state index in [1.165, 1.54) is 28.9 Å². The minimum atomic E-state index is -3.50. The summed E-state index contributed by atoms with van der Waals surface area (Å²) in [7, 11) is -3.50. The second-order valence-electron chi connectivity index (χ2n) is 8.80. The number of hydrogen-bond donors (Lipinski definition) is 1. The van der Waals surface area contributed by atoms with Gasteiger partial charge < -0.3 is 9.62 Å². The highest BCUT2D eigenvalue weighted by atomic mass is 32.2. The molecule has 1 heterocycles. The van der Waals surface area contributed by atoms with Crippen molar-refractivity contribution in [1.29, 1.82) is 0 Å². The maximum absolute atomic E-state index is 13.4. The van der Waals surface area contributed by atoms with Crippen molar-refractivity contribution in [1.82, 2.24) is 0 Å². The van der Waals surface area contributed by atoms with Gasteiger partial charge in [0.05, 0.1) is 23.7 Å². The summed E-state index contributed by atoms with van der Waals surface area (Å²) in [6, 6.07) is 9.57. The Bertz CT molecular complexity index is 1260. The Balaban J connectivity index is 1.93. The molecule has 170 valence electrons. The van der Waals surface area contributed by atoms with Crippen LogP contribution in [0, 0.1) is 11.7 Å². The zero-order chi connectivity index (χ0) is 23.0. The molecule has 0 unspecified atom stereocenters. The molecule has 0 spiro atoms. The number of sulfonamides is 1. The highest BCUT2D eigenvalue weighted by Crippen LogP contribution is 2.47. The van der Waals surface area contributed by atoms with Crippen LogP contribution in [-0.2, 0) is 10.0 Å². The number of nitrogens with zero attached hydrogens (tertiary/aromatic N) is 2. The smallest absolute Gasteiger partial charge is 0.232 e. The Kier molecular flexibility index (Phi) is 5.99. The van der Waals surface area contributed by atoms with Crippen molar-refractivity contribution in [2.24, 2.45) is 11.1 Å². The van der Waals surface area contributed by atoms with Gasteiger partial charge in [-0.05, 0) is 67.0 Å². The van der Waals surface area contributed by atoms with E-state index in [4.69, 9.17) is 4.42 Å². The van der Waals surface area contributed by atoms with Gasteiger partial charge in [0, 0.05) is 23.6 Å². The molecule has 1 aliphatic rings. The molecule has 3 aromatic rings. The van der Waals surface area contributed by atoms with Gasteiger partial charge in [-0.3, -0.25) is 4.31 Å². The molecule has 1 fully saturated rings. The van der Waals surface area contributed by atoms with Gasteiger partial charge in [-0.1, -0.05) is 19.0 Å². The first-order valence-corrected chi connectivity index (χ1v) is 12.6. The highest BCUT2D eigenvalue weighted by Gasteiger charge is 2.32. The standard InChI is InChI=1S/C24H27FN2O4S/c1-15(2)10-11-27(32(3,29)30)22-13-23-20(12-19(22)16-4-5-16)21(14-26-28)24(31-23)17-6-8-18(25)9-7-17/h6-9,12-16,28H,4-5,10-11H2,1-3H3. The monoisotopic (exact) mass is 458 g/mol. The zero-order valence-electron chi connectivity index (χ0n) is 18.4. The Morgan fingerprint density at radius 1 is 1.25 bits per heavy atom. The van der Waals surface area contributed by atoms with Crippen molar-refractivity contribution < 1.29 is 22.4 Å². The van der Waals surface area contributed by atoms with Gasteiger partial charge in [-0.15, -0.1) is 0 Å². The Labute approximate surface area is 187 Å². The van der Waals surface area contributed by atoms with Crippen molar-refractivity contribution in [3.63, 3.8) is 0 Å².